The molecule has 0 unspecified atom stereocenters. The van der Waals surface area contributed by atoms with Crippen LogP contribution in [0, 0.1) is 6.92 Å². The molecule has 0 bridgehead atoms. The molecule has 0 fully saturated rings. The lowest BCUT2D eigenvalue weighted by atomic mass is 10.1. The molecule has 1 aromatic carbocycles. The summed E-state index contributed by atoms with van der Waals surface area (Å²) >= 11 is 1.27. The van der Waals surface area contributed by atoms with E-state index in [9.17, 15) is 9.59 Å². The molecular formula is C15H12N4O3S. The zero-order valence-electron chi connectivity index (χ0n) is 12.1. The summed E-state index contributed by atoms with van der Waals surface area (Å²) < 4.78 is 5.04. The number of hydrogen-bond acceptors (Lipinski definition) is 6. The molecule has 3 aromatic rings. The maximum absolute atomic E-state index is 12.4. The molecule has 0 atom stereocenters. The van der Waals surface area contributed by atoms with Gasteiger partial charge in [-0.15, -0.1) is 10.2 Å². The summed E-state index contributed by atoms with van der Waals surface area (Å²) in [6.45, 7) is 1.80. The van der Waals surface area contributed by atoms with Crippen molar-refractivity contribution in [3.05, 3.63) is 59.0 Å². The lowest BCUT2D eigenvalue weighted by Crippen LogP contribution is -2.17. The highest BCUT2D eigenvalue weighted by Gasteiger charge is 2.16. The quantitative estimate of drug-likeness (QED) is 0.767. The van der Waals surface area contributed by atoms with Crippen molar-refractivity contribution in [2.24, 2.45) is 0 Å². The first-order valence-corrected chi connectivity index (χ1v) is 7.50. The number of carbonyl (C=O) groups is 2. The molecule has 0 radical (unpaired) electrons. The van der Waals surface area contributed by atoms with Crippen LogP contribution in [-0.2, 0) is 0 Å². The number of carbonyl (C=O) groups excluding carboxylic acids is 2. The molecule has 116 valence electrons. The van der Waals surface area contributed by atoms with E-state index < -0.39 is 5.91 Å². The number of rotatable bonds is 4. The zero-order chi connectivity index (χ0) is 16.2. The SMILES string of the molecule is Cc1nnc(NC(=O)c2ccccc2NC(=O)c2ccco2)s1. The molecule has 0 aliphatic rings. The lowest BCUT2D eigenvalue weighted by Gasteiger charge is -2.09. The Bertz CT molecular complexity index is 842. The number of benzene rings is 1. The maximum Gasteiger partial charge on any atom is 0.291 e. The second kappa shape index (κ2) is 6.41. The first kappa shape index (κ1) is 14.9. The van der Waals surface area contributed by atoms with E-state index in [1.54, 1.807) is 43.3 Å². The van der Waals surface area contributed by atoms with Gasteiger partial charge in [-0.1, -0.05) is 23.5 Å². The van der Waals surface area contributed by atoms with Gasteiger partial charge in [-0.2, -0.15) is 0 Å². The second-order valence-corrected chi connectivity index (χ2v) is 5.74. The lowest BCUT2D eigenvalue weighted by molar-refractivity contribution is 0.0996. The molecule has 2 heterocycles. The van der Waals surface area contributed by atoms with E-state index in [4.69, 9.17) is 4.42 Å². The molecule has 3 rings (SSSR count). The van der Waals surface area contributed by atoms with Gasteiger partial charge < -0.3 is 9.73 Å². The third-order valence-electron chi connectivity index (χ3n) is 2.91. The van der Waals surface area contributed by atoms with Crippen LogP contribution in [0.4, 0.5) is 10.8 Å². The Morgan fingerprint density at radius 3 is 2.57 bits per heavy atom. The third-order valence-corrected chi connectivity index (χ3v) is 3.67. The summed E-state index contributed by atoms with van der Waals surface area (Å²) in [6, 6.07) is 9.85. The van der Waals surface area contributed by atoms with Gasteiger partial charge in [0.1, 0.15) is 5.01 Å². The Balaban J connectivity index is 1.80. The van der Waals surface area contributed by atoms with Crippen molar-refractivity contribution in [3.8, 4) is 0 Å². The molecule has 2 aromatic heterocycles. The number of nitrogens with zero attached hydrogens (tertiary/aromatic N) is 2. The molecular weight excluding hydrogens is 316 g/mol. The highest BCUT2D eigenvalue weighted by atomic mass is 32.1. The van der Waals surface area contributed by atoms with Crippen LogP contribution in [0.3, 0.4) is 0 Å². The molecule has 0 aliphatic carbocycles. The Labute approximate surface area is 135 Å². The van der Waals surface area contributed by atoms with Crippen LogP contribution in [-0.4, -0.2) is 22.0 Å². The summed E-state index contributed by atoms with van der Waals surface area (Å²) in [5, 5.41) is 14.2. The molecule has 0 aliphatic heterocycles. The number of furan rings is 1. The fourth-order valence-corrected chi connectivity index (χ4v) is 2.48. The standard InChI is InChI=1S/C15H12N4O3S/c1-9-18-19-15(23-9)17-13(20)10-5-2-3-6-11(10)16-14(21)12-7-4-8-22-12/h2-8H,1H3,(H,16,21)(H,17,19,20). The highest BCUT2D eigenvalue weighted by Crippen LogP contribution is 2.20. The van der Waals surface area contributed by atoms with Gasteiger partial charge in [0, 0.05) is 0 Å². The monoisotopic (exact) mass is 328 g/mol. The average molecular weight is 328 g/mol. The van der Waals surface area contributed by atoms with Gasteiger partial charge in [0.25, 0.3) is 11.8 Å². The predicted molar refractivity (Wildman–Crippen MR) is 85.7 cm³/mol. The van der Waals surface area contributed by atoms with Crippen LogP contribution < -0.4 is 10.6 Å². The van der Waals surface area contributed by atoms with E-state index in [0.717, 1.165) is 5.01 Å². The number of amides is 2. The highest BCUT2D eigenvalue weighted by molar-refractivity contribution is 7.15. The Morgan fingerprint density at radius 2 is 1.87 bits per heavy atom. The van der Waals surface area contributed by atoms with Crippen molar-refractivity contribution in [1.29, 1.82) is 0 Å². The molecule has 8 heteroatoms. The predicted octanol–water partition coefficient (Wildman–Crippen LogP) is 2.94. The van der Waals surface area contributed by atoms with Crippen LogP contribution in [0.5, 0.6) is 0 Å². The third kappa shape index (κ3) is 3.43. The minimum absolute atomic E-state index is 0.167. The van der Waals surface area contributed by atoms with E-state index in [2.05, 4.69) is 20.8 Å². The molecule has 0 saturated carbocycles. The van der Waals surface area contributed by atoms with Crippen LogP contribution in [0.15, 0.2) is 47.1 Å². The summed E-state index contributed by atoms with van der Waals surface area (Å²) in [4.78, 5) is 24.4. The van der Waals surface area contributed by atoms with Crippen LogP contribution in [0.1, 0.15) is 25.9 Å². The van der Waals surface area contributed by atoms with Crippen molar-refractivity contribution in [2.75, 3.05) is 10.6 Å². The van der Waals surface area contributed by atoms with Crippen LogP contribution in [0.2, 0.25) is 0 Å². The van der Waals surface area contributed by atoms with Crippen LogP contribution in [0.25, 0.3) is 0 Å². The van der Waals surface area contributed by atoms with E-state index in [1.165, 1.54) is 17.6 Å². The number of aryl methyl sites for hydroxylation is 1. The van der Waals surface area contributed by atoms with Crippen molar-refractivity contribution >= 4 is 34.0 Å². The second-order valence-electron chi connectivity index (χ2n) is 4.56. The first-order valence-electron chi connectivity index (χ1n) is 6.69. The van der Waals surface area contributed by atoms with E-state index in [1.807, 2.05) is 0 Å². The van der Waals surface area contributed by atoms with Gasteiger partial charge in [-0.25, -0.2) is 0 Å². The Kier molecular flexibility index (Phi) is 4.15. The Morgan fingerprint density at radius 1 is 1.04 bits per heavy atom. The largest absolute Gasteiger partial charge is 0.459 e. The summed E-state index contributed by atoms with van der Waals surface area (Å²) in [5.74, 6) is -0.640. The van der Waals surface area contributed by atoms with Crippen LogP contribution >= 0.6 is 11.3 Å². The van der Waals surface area contributed by atoms with Gasteiger partial charge in [0.05, 0.1) is 17.5 Å². The average Bonchev–Trinajstić information content (AvgIpc) is 3.19. The number of nitrogens with one attached hydrogen (secondary N) is 2. The fraction of sp³-hybridized carbons (Fsp3) is 0.0667. The van der Waals surface area contributed by atoms with Gasteiger partial charge in [0.15, 0.2) is 5.76 Å². The molecule has 2 N–H and O–H groups in total. The maximum atomic E-state index is 12.4. The summed E-state index contributed by atoms with van der Waals surface area (Å²) in [5.41, 5.74) is 0.702. The van der Waals surface area contributed by atoms with Crippen molar-refractivity contribution in [3.63, 3.8) is 0 Å². The molecule has 2 amide bonds. The number of aromatic nitrogens is 2. The molecule has 23 heavy (non-hydrogen) atoms. The smallest absolute Gasteiger partial charge is 0.291 e. The zero-order valence-corrected chi connectivity index (χ0v) is 12.9. The topological polar surface area (TPSA) is 97.1 Å². The molecule has 7 nitrogen and oxygen atoms in total. The van der Waals surface area contributed by atoms with Gasteiger partial charge in [-0.3, -0.25) is 14.9 Å². The molecule has 0 spiro atoms. The number of para-hydroxylation sites is 1. The van der Waals surface area contributed by atoms with Gasteiger partial charge in [-0.05, 0) is 31.2 Å². The first-order chi connectivity index (χ1) is 11.1. The number of hydrogen-bond donors (Lipinski definition) is 2. The normalized spacial score (nSPS) is 10.3. The minimum Gasteiger partial charge on any atom is -0.459 e. The number of anilines is 2. The van der Waals surface area contributed by atoms with E-state index in [0.29, 0.717) is 16.4 Å². The van der Waals surface area contributed by atoms with Crippen molar-refractivity contribution in [2.45, 2.75) is 6.92 Å². The van der Waals surface area contributed by atoms with Crippen molar-refractivity contribution < 1.29 is 14.0 Å². The fourth-order valence-electron chi connectivity index (χ4n) is 1.89. The minimum atomic E-state index is -0.429. The van der Waals surface area contributed by atoms with Gasteiger partial charge >= 0.3 is 0 Å². The van der Waals surface area contributed by atoms with Crippen molar-refractivity contribution in [1.82, 2.24) is 10.2 Å². The molecule has 0 saturated heterocycles. The van der Waals surface area contributed by atoms with E-state index in [-0.39, 0.29) is 11.7 Å². The summed E-state index contributed by atoms with van der Waals surface area (Å²) in [6.07, 6.45) is 1.41. The Hall–Kier alpha value is -3.00. The van der Waals surface area contributed by atoms with E-state index >= 15 is 0 Å². The van der Waals surface area contributed by atoms with Gasteiger partial charge in [0.2, 0.25) is 5.13 Å². The summed E-state index contributed by atoms with van der Waals surface area (Å²) in [7, 11) is 0.